The Balaban J connectivity index is 1.74. The van der Waals surface area contributed by atoms with E-state index in [1.807, 2.05) is 45.9 Å². The van der Waals surface area contributed by atoms with Crippen molar-refractivity contribution in [2.24, 2.45) is 0 Å². The first-order valence-corrected chi connectivity index (χ1v) is 10.9. The molecule has 1 aliphatic heterocycles. The predicted molar refractivity (Wildman–Crippen MR) is 119 cm³/mol. The second kappa shape index (κ2) is 9.51. The summed E-state index contributed by atoms with van der Waals surface area (Å²) in [4.78, 5) is 31.4. The molecule has 0 bridgehead atoms. The SMILES string of the molecule is COc1ccc([C@@H]2CN(C(=O)OC(C)(C)C)CC[C@H]2NC(=O)Nc2cc(C)ns2)nc1. The van der Waals surface area contributed by atoms with Crippen LogP contribution >= 0.6 is 11.5 Å². The summed E-state index contributed by atoms with van der Waals surface area (Å²) in [6.07, 6.45) is 1.85. The van der Waals surface area contributed by atoms with E-state index in [2.05, 4.69) is 20.0 Å². The van der Waals surface area contributed by atoms with E-state index < -0.39 is 5.60 Å². The minimum absolute atomic E-state index is 0.193. The number of ether oxygens (including phenoxy) is 2. The van der Waals surface area contributed by atoms with Gasteiger partial charge in [0.05, 0.1) is 19.0 Å². The van der Waals surface area contributed by atoms with Crippen LogP contribution in [0.25, 0.3) is 0 Å². The van der Waals surface area contributed by atoms with E-state index in [4.69, 9.17) is 9.47 Å². The zero-order chi connectivity index (χ0) is 22.6. The fraction of sp³-hybridized carbons (Fsp3) is 0.524. The Labute approximate surface area is 186 Å². The van der Waals surface area contributed by atoms with E-state index in [9.17, 15) is 9.59 Å². The van der Waals surface area contributed by atoms with Crippen molar-refractivity contribution in [3.63, 3.8) is 0 Å². The first-order chi connectivity index (χ1) is 14.6. The molecule has 0 radical (unpaired) electrons. The van der Waals surface area contributed by atoms with Gasteiger partial charge in [0.15, 0.2) is 0 Å². The number of nitrogens with zero attached hydrogens (tertiary/aromatic N) is 3. The third kappa shape index (κ3) is 6.30. The number of carbonyl (C=O) groups is 2. The highest BCUT2D eigenvalue weighted by Crippen LogP contribution is 2.28. The Bertz CT molecular complexity index is 909. The highest BCUT2D eigenvalue weighted by molar-refractivity contribution is 7.10. The summed E-state index contributed by atoms with van der Waals surface area (Å²) in [6, 6.07) is 5.00. The summed E-state index contributed by atoms with van der Waals surface area (Å²) in [6.45, 7) is 8.26. The molecule has 0 aromatic carbocycles. The fourth-order valence-electron chi connectivity index (χ4n) is 3.39. The summed E-state index contributed by atoms with van der Waals surface area (Å²) in [5.41, 5.74) is 1.05. The molecule has 0 aliphatic carbocycles. The number of pyridine rings is 1. The van der Waals surface area contributed by atoms with Crippen LogP contribution in [-0.4, -0.2) is 58.2 Å². The van der Waals surface area contributed by atoms with Gasteiger partial charge in [-0.2, -0.15) is 4.37 Å². The molecule has 9 nitrogen and oxygen atoms in total. The highest BCUT2D eigenvalue weighted by Gasteiger charge is 2.36. The van der Waals surface area contributed by atoms with Crippen molar-refractivity contribution in [1.29, 1.82) is 0 Å². The minimum Gasteiger partial charge on any atom is -0.495 e. The molecule has 0 spiro atoms. The second-order valence-electron chi connectivity index (χ2n) is 8.48. The Morgan fingerprint density at radius 1 is 1.29 bits per heavy atom. The van der Waals surface area contributed by atoms with Crippen LogP contribution in [0.3, 0.4) is 0 Å². The van der Waals surface area contributed by atoms with Gasteiger partial charge in [-0.3, -0.25) is 10.3 Å². The smallest absolute Gasteiger partial charge is 0.410 e. The van der Waals surface area contributed by atoms with Crippen molar-refractivity contribution >= 4 is 28.7 Å². The van der Waals surface area contributed by atoms with Crippen molar-refractivity contribution in [3.05, 3.63) is 35.8 Å². The number of urea groups is 1. The van der Waals surface area contributed by atoms with Gasteiger partial charge in [-0.05, 0) is 63.8 Å². The van der Waals surface area contributed by atoms with Crippen LogP contribution in [0.15, 0.2) is 24.4 Å². The molecule has 168 valence electrons. The van der Waals surface area contributed by atoms with E-state index >= 15 is 0 Å². The summed E-state index contributed by atoms with van der Waals surface area (Å²) in [5.74, 6) is 0.451. The van der Waals surface area contributed by atoms with E-state index in [-0.39, 0.29) is 24.1 Å². The van der Waals surface area contributed by atoms with Crippen LogP contribution < -0.4 is 15.4 Å². The molecule has 31 heavy (non-hydrogen) atoms. The molecule has 3 heterocycles. The quantitative estimate of drug-likeness (QED) is 0.739. The number of rotatable bonds is 4. The molecule has 2 aromatic heterocycles. The van der Waals surface area contributed by atoms with Crippen LogP contribution in [0, 0.1) is 6.92 Å². The summed E-state index contributed by atoms with van der Waals surface area (Å²) in [7, 11) is 1.58. The van der Waals surface area contributed by atoms with Crippen molar-refractivity contribution in [3.8, 4) is 5.75 Å². The highest BCUT2D eigenvalue weighted by atomic mass is 32.1. The van der Waals surface area contributed by atoms with Gasteiger partial charge in [0, 0.05) is 30.7 Å². The number of likely N-dealkylation sites (tertiary alicyclic amines) is 1. The van der Waals surface area contributed by atoms with Crippen LogP contribution in [-0.2, 0) is 4.74 Å². The lowest BCUT2D eigenvalue weighted by molar-refractivity contribution is 0.0178. The average molecular weight is 448 g/mol. The number of hydrogen-bond acceptors (Lipinski definition) is 7. The predicted octanol–water partition coefficient (Wildman–Crippen LogP) is 3.77. The largest absolute Gasteiger partial charge is 0.495 e. The van der Waals surface area contributed by atoms with E-state index in [0.29, 0.717) is 30.3 Å². The van der Waals surface area contributed by atoms with Crippen LogP contribution in [0.1, 0.15) is 44.5 Å². The lowest BCUT2D eigenvalue weighted by Crippen LogP contribution is -2.53. The van der Waals surface area contributed by atoms with Gasteiger partial charge in [0.1, 0.15) is 16.4 Å². The van der Waals surface area contributed by atoms with Gasteiger partial charge in [-0.15, -0.1) is 0 Å². The molecule has 3 amide bonds. The topological polar surface area (TPSA) is 106 Å². The third-order valence-electron chi connectivity index (χ3n) is 4.82. The van der Waals surface area contributed by atoms with Crippen LogP contribution in [0.5, 0.6) is 5.75 Å². The first-order valence-electron chi connectivity index (χ1n) is 10.1. The fourth-order valence-corrected chi connectivity index (χ4v) is 4.04. The Kier molecular flexibility index (Phi) is 6.99. The van der Waals surface area contributed by atoms with Crippen LogP contribution in [0.4, 0.5) is 14.6 Å². The van der Waals surface area contributed by atoms with Gasteiger partial charge < -0.3 is 19.7 Å². The number of anilines is 1. The van der Waals surface area contributed by atoms with E-state index in [1.54, 1.807) is 18.2 Å². The zero-order valence-electron chi connectivity index (χ0n) is 18.5. The first kappa shape index (κ1) is 22.8. The molecule has 0 saturated carbocycles. The standard InChI is InChI=1S/C21H29N5O4S/c1-13-10-18(31-25-13)24-19(27)23-17-8-9-26(20(28)30-21(2,3)4)12-15(17)16-7-6-14(29-5)11-22-16/h6-7,10-11,15,17H,8-9,12H2,1-5H3,(H2,23,24,27)/t15-,17+/m0/s1. The zero-order valence-corrected chi connectivity index (χ0v) is 19.3. The van der Waals surface area contributed by atoms with Crippen molar-refractivity contribution in [2.45, 2.75) is 51.7 Å². The maximum atomic E-state index is 12.6. The Morgan fingerprint density at radius 3 is 2.65 bits per heavy atom. The number of methoxy groups -OCH3 is 1. The number of carbonyl (C=O) groups excluding carboxylic acids is 2. The summed E-state index contributed by atoms with van der Waals surface area (Å²) in [5, 5.41) is 6.55. The molecule has 0 unspecified atom stereocenters. The lowest BCUT2D eigenvalue weighted by Gasteiger charge is -2.39. The monoisotopic (exact) mass is 447 g/mol. The molecule has 10 heteroatoms. The van der Waals surface area contributed by atoms with Gasteiger partial charge in [0.25, 0.3) is 0 Å². The molecule has 2 atom stereocenters. The number of nitrogens with one attached hydrogen (secondary N) is 2. The summed E-state index contributed by atoms with van der Waals surface area (Å²) >= 11 is 1.23. The maximum Gasteiger partial charge on any atom is 0.410 e. The van der Waals surface area contributed by atoms with Crippen molar-refractivity contribution in [1.82, 2.24) is 19.6 Å². The Morgan fingerprint density at radius 2 is 2.06 bits per heavy atom. The normalized spacial score (nSPS) is 18.9. The number of amides is 3. The molecule has 2 aromatic rings. The molecule has 1 aliphatic rings. The third-order valence-corrected chi connectivity index (χ3v) is 5.62. The Hall–Kier alpha value is -2.88. The van der Waals surface area contributed by atoms with Crippen LogP contribution in [0.2, 0.25) is 0 Å². The van der Waals surface area contributed by atoms with E-state index in [0.717, 1.165) is 11.4 Å². The maximum absolute atomic E-state index is 12.6. The van der Waals surface area contributed by atoms with Gasteiger partial charge in [0.2, 0.25) is 0 Å². The number of aromatic nitrogens is 2. The second-order valence-corrected chi connectivity index (χ2v) is 9.29. The number of aryl methyl sites for hydroxylation is 1. The van der Waals surface area contributed by atoms with Gasteiger partial charge in [-0.25, -0.2) is 9.59 Å². The lowest BCUT2D eigenvalue weighted by atomic mass is 9.89. The van der Waals surface area contributed by atoms with Gasteiger partial charge in [-0.1, -0.05) is 0 Å². The van der Waals surface area contributed by atoms with Crippen molar-refractivity contribution in [2.75, 3.05) is 25.5 Å². The molecule has 1 fully saturated rings. The summed E-state index contributed by atoms with van der Waals surface area (Å²) < 4.78 is 14.9. The number of hydrogen-bond donors (Lipinski definition) is 2. The average Bonchev–Trinajstić information content (AvgIpc) is 3.11. The molecular weight excluding hydrogens is 418 g/mol. The molecule has 3 rings (SSSR count). The molecule has 2 N–H and O–H groups in total. The van der Waals surface area contributed by atoms with Gasteiger partial charge >= 0.3 is 12.1 Å². The van der Waals surface area contributed by atoms with Crippen molar-refractivity contribution < 1.29 is 19.1 Å². The number of piperidine rings is 1. The molecular formula is C21H29N5O4S. The van der Waals surface area contributed by atoms with E-state index in [1.165, 1.54) is 11.5 Å². The minimum atomic E-state index is -0.577. The molecule has 1 saturated heterocycles.